The van der Waals surface area contributed by atoms with Crippen LogP contribution in [0.25, 0.3) is 0 Å². The quantitative estimate of drug-likeness (QED) is 0.909. The molecule has 7 nitrogen and oxygen atoms in total. The molecule has 0 bridgehead atoms. The second kappa shape index (κ2) is 6.15. The second-order valence-electron chi connectivity index (χ2n) is 5.50. The minimum atomic E-state index is -0.0847. The zero-order valence-electron chi connectivity index (χ0n) is 12.8. The number of piperazine rings is 1. The first-order chi connectivity index (χ1) is 10.6. The van der Waals surface area contributed by atoms with Crippen LogP contribution in [0.15, 0.2) is 36.9 Å². The molecule has 116 valence electrons. The lowest BCUT2D eigenvalue weighted by Gasteiger charge is -2.38. The van der Waals surface area contributed by atoms with Crippen LogP contribution in [0.3, 0.4) is 0 Å². The van der Waals surface area contributed by atoms with Crippen molar-refractivity contribution in [3.05, 3.63) is 42.7 Å². The Balaban J connectivity index is 1.70. The van der Waals surface area contributed by atoms with Gasteiger partial charge >= 0.3 is 6.03 Å². The lowest BCUT2D eigenvalue weighted by atomic mass is 10.1. The second-order valence-corrected chi connectivity index (χ2v) is 5.50. The highest BCUT2D eigenvalue weighted by molar-refractivity contribution is 5.89. The maximum atomic E-state index is 12.4. The van der Waals surface area contributed by atoms with Crippen molar-refractivity contribution in [1.82, 2.24) is 24.3 Å². The van der Waals surface area contributed by atoms with Crippen molar-refractivity contribution >= 4 is 11.7 Å². The van der Waals surface area contributed by atoms with Crippen molar-refractivity contribution in [3.8, 4) is 0 Å². The number of aromatic nitrogens is 3. The van der Waals surface area contributed by atoms with Crippen LogP contribution in [0.4, 0.5) is 10.5 Å². The molecule has 1 atom stereocenters. The molecular weight excluding hydrogens is 280 g/mol. The van der Waals surface area contributed by atoms with Gasteiger partial charge in [0.25, 0.3) is 0 Å². The molecule has 3 heterocycles. The van der Waals surface area contributed by atoms with Gasteiger partial charge < -0.3 is 14.8 Å². The SMILES string of the molecule is CN1CCN(C(=O)Nc2ccncc2)C[C@H]1c1nccn1C. The summed E-state index contributed by atoms with van der Waals surface area (Å²) in [6.45, 7) is 2.15. The van der Waals surface area contributed by atoms with Gasteiger partial charge in [-0.25, -0.2) is 9.78 Å². The number of nitrogens with zero attached hydrogens (tertiary/aromatic N) is 5. The molecule has 0 spiro atoms. The average molecular weight is 300 g/mol. The summed E-state index contributed by atoms with van der Waals surface area (Å²) in [4.78, 5) is 24.9. The highest BCUT2D eigenvalue weighted by atomic mass is 16.2. The summed E-state index contributed by atoms with van der Waals surface area (Å²) < 4.78 is 2.01. The van der Waals surface area contributed by atoms with Gasteiger partial charge in [0.1, 0.15) is 5.82 Å². The van der Waals surface area contributed by atoms with Crippen molar-refractivity contribution in [3.63, 3.8) is 0 Å². The number of carbonyl (C=O) groups is 1. The van der Waals surface area contributed by atoms with Gasteiger partial charge in [-0.05, 0) is 19.2 Å². The highest BCUT2D eigenvalue weighted by Crippen LogP contribution is 2.22. The molecule has 22 heavy (non-hydrogen) atoms. The zero-order valence-corrected chi connectivity index (χ0v) is 12.8. The summed E-state index contributed by atoms with van der Waals surface area (Å²) in [7, 11) is 4.05. The number of hydrogen-bond acceptors (Lipinski definition) is 4. The number of urea groups is 1. The summed E-state index contributed by atoms with van der Waals surface area (Å²) in [5.41, 5.74) is 0.757. The Labute approximate surface area is 129 Å². The molecular formula is C15H20N6O. The van der Waals surface area contributed by atoms with Crippen LogP contribution in [0, 0.1) is 0 Å². The zero-order chi connectivity index (χ0) is 15.5. The van der Waals surface area contributed by atoms with Crippen LogP contribution >= 0.6 is 0 Å². The number of likely N-dealkylation sites (N-methyl/N-ethyl adjacent to an activating group) is 1. The van der Waals surface area contributed by atoms with Gasteiger partial charge in [-0.3, -0.25) is 9.88 Å². The molecule has 7 heteroatoms. The molecule has 1 N–H and O–H groups in total. The minimum Gasteiger partial charge on any atom is -0.337 e. The van der Waals surface area contributed by atoms with Crippen LogP contribution in [0.2, 0.25) is 0 Å². The van der Waals surface area contributed by atoms with E-state index in [4.69, 9.17) is 0 Å². The monoisotopic (exact) mass is 300 g/mol. The summed E-state index contributed by atoms with van der Waals surface area (Å²) >= 11 is 0. The molecule has 2 aromatic rings. The Kier molecular flexibility index (Phi) is 4.06. The van der Waals surface area contributed by atoms with Crippen molar-refractivity contribution in [2.45, 2.75) is 6.04 Å². The highest BCUT2D eigenvalue weighted by Gasteiger charge is 2.30. The number of hydrogen-bond donors (Lipinski definition) is 1. The molecule has 0 unspecified atom stereocenters. The Morgan fingerprint density at radius 3 is 2.68 bits per heavy atom. The van der Waals surface area contributed by atoms with E-state index in [0.29, 0.717) is 13.1 Å². The van der Waals surface area contributed by atoms with Crippen LogP contribution in [-0.2, 0) is 7.05 Å². The van der Waals surface area contributed by atoms with Gasteiger partial charge in [-0.2, -0.15) is 0 Å². The molecule has 2 amide bonds. The van der Waals surface area contributed by atoms with Crippen molar-refractivity contribution in [1.29, 1.82) is 0 Å². The molecule has 1 saturated heterocycles. The predicted molar refractivity (Wildman–Crippen MR) is 83.4 cm³/mol. The van der Waals surface area contributed by atoms with Gasteiger partial charge in [-0.1, -0.05) is 0 Å². The largest absolute Gasteiger partial charge is 0.337 e. The van der Waals surface area contributed by atoms with Gasteiger partial charge in [0.15, 0.2) is 0 Å². The first-order valence-electron chi connectivity index (χ1n) is 7.28. The van der Waals surface area contributed by atoms with Gasteiger partial charge in [0.2, 0.25) is 0 Å². The van der Waals surface area contributed by atoms with Gasteiger partial charge in [0.05, 0.1) is 6.04 Å². The molecule has 0 saturated carbocycles. The summed E-state index contributed by atoms with van der Waals surface area (Å²) in [6.07, 6.45) is 7.05. The third-order valence-electron chi connectivity index (χ3n) is 4.02. The number of imidazole rings is 1. The smallest absolute Gasteiger partial charge is 0.321 e. The number of rotatable bonds is 2. The Hall–Kier alpha value is -2.41. The first-order valence-corrected chi connectivity index (χ1v) is 7.28. The topological polar surface area (TPSA) is 66.3 Å². The van der Waals surface area contributed by atoms with Crippen LogP contribution in [0.5, 0.6) is 0 Å². The fourth-order valence-electron chi connectivity index (χ4n) is 2.67. The number of amides is 2. The third-order valence-corrected chi connectivity index (χ3v) is 4.02. The van der Waals surface area contributed by atoms with Gasteiger partial charge in [-0.15, -0.1) is 0 Å². The molecule has 0 aliphatic carbocycles. The van der Waals surface area contributed by atoms with E-state index < -0.39 is 0 Å². The number of carbonyl (C=O) groups excluding carboxylic acids is 1. The first kappa shape index (κ1) is 14.5. The number of aryl methyl sites for hydroxylation is 1. The van der Waals surface area contributed by atoms with E-state index in [1.807, 2.05) is 22.7 Å². The molecule has 1 aliphatic heterocycles. The Morgan fingerprint density at radius 2 is 2.00 bits per heavy atom. The number of anilines is 1. The van der Waals surface area contributed by atoms with E-state index in [1.54, 1.807) is 30.7 Å². The average Bonchev–Trinajstić information content (AvgIpc) is 2.94. The maximum absolute atomic E-state index is 12.4. The Morgan fingerprint density at radius 1 is 1.23 bits per heavy atom. The van der Waals surface area contributed by atoms with Crippen molar-refractivity contribution in [2.75, 3.05) is 32.0 Å². The fraction of sp³-hybridized carbons (Fsp3) is 0.400. The minimum absolute atomic E-state index is 0.0847. The molecule has 0 radical (unpaired) electrons. The molecule has 0 aromatic carbocycles. The van der Waals surface area contributed by atoms with E-state index in [-0.39, 0.29) is 12.1 Å². The normalized spacial score (nSPS) is 19.2. The van der Waals surface area contributed by atoms with E-state index >= 15 is 0 Å². The fourth-order valence-corrected chi connectivity index (χ4v) is 2.67. The van der Waals surface area contributed by atoms with E-state index in [1.165, 1.54) is 0 Å². The summed E-state index contributed by atoms with van der Waals surface area (Å²) in [6, 6.07) is 3.59. The lowest BCUT2D eigenvalue weighted by molar-refractivity contribution is 0.110. The third kappa shape index (κ3) is 2.94. The van der Waals surface area contributed by atoms with Crippen molar-refractivity contribution in [2.24, 2.45) is 7.05 Å². The number of nitrogens with one attached hydrogen (secondary N) is 1. The standard InChI is InChI=1S/C15H20N6O/c1-19-9-10-21(11-13(19)14-17-7-8-20(14)2)15(22)18-12-3-5-16-6-4-12/h3-8,13H,9-11H2,1-2H3,(H,16,18,22)/t13-/m0/s1. The lowest BCUT2D eigenvalue weighted by Crippen LogP contribution is -2.50. The Bertz CT molecular complexity index is 640. The number of pyridine rings is 1. The van der Waals surface area contributed by atoms with Crippen LogP contribution in [0.1, 0.15) is 11.9 Å². The van der Waals surface area contributed by atoms with E-state index in [2.05, 4.69) is 27.2 Å². The van der Waals surface area contributed by atoms with Crippen LogP contribution < -0.4 is 5.32 Å². The maximum Gasteiger partial charge on any atom is 0.321 e. The molecule has 2 aromatic heterocycles. The molecule has 3 rings (SSSR count). The van der Waals surface area contributed by atoms with Crippen LogP contribution in [-0.4, -0.2) is 57.0 Å². The van der Waals surface area contributed by atoms with E-state index in [9.17, 15) is 4.79 Å². The van der Waals surface area contributed by atoms with E-state index in [0.717, 1.165) is 18.1 Å². The van der Waals surface area contributed by atoms with Crippen molar-refractivity contribution < 1.29 is 4.79 Å². The summed E-state index contributed by atoms with van der Waals surface area (Å²) in [5.74, 6) is 0.976. The summed E-state index contributed by atoms with van der Waals surface area (Å²) in [5, 5.41) is 2.91. The molecule has 1 aliphatic rings. The predicted octanol–water partition coefficient (Wildman–Crippen LogP) is 1.34. The van der Waals surface area contributed by atoms with Gasteiger partial charge in [0, 0.05) is 57.2 Å². The molecule has 1 fully saturated rings.